The number of nitrogens with zero attached hydrogens (tertiary/aromatic N) is 1. The number of aliphatic carboxylic acids is 1. The van der Waals surface area contributed by atoms with Gasteiger partial charge in [-0.1, -0.05) is 6.07 Å². The van der Waals surface area contributed by atoms with Crippen molar-refractivity contribution < 1.29 is 33.8 Å². The van der Waals surface area contributed by atoms with Crippen LogP contribution < -0.4 is 19.7 Å². The van der Waals surface area contributed by atoms with Gasteiger partial charge in [-0.15, -0.1) is 0 Å². The van der Waals surface area contributed by atoms with Crippen molar-refractivity contribution in [2.75, 3.05) is 18.1 Å². The standard InChI is InChI=1S/C23H21IN2O7/c1-4-32-18-10-14(9-17(24)20(18)33-11-19(27)28)8-16-21(29)25-23(31)26(22(16)30)15-6-5-12(2)13(3)7-15/h5-10H,4,11H2,1-3H3,(H,27,28)(H,25,29,31)/b16-8+. The highest BCUT2D eigenvalue weighted by Crippen LogP contribution is 2.35. The van der Waals surface area contributed by atoms with Crippen LogP contribution >= 0.6 is 22.6 Å². The summed E-state index contributed by atoms with van der Waals surface area (Å²) in [6.07, 6.45) is 1.35. The maximum atomic E-state index is 13.1. The highest BCUT2D eigenvalue weighted by Gasteiger charge is 2.37. The van der Waals surface area contributed by atoms with Crippen molar-refractivity contribution in [3.05, 3.63) is 56.2 Å². The Morgan fingerprint density at radius 2 is 1.85 bits per heavy atom. The first-order valence-electron chi connectivity index (χ1n) is 9.92. The summed E-state index contributed by atoms with van der Waals surface area (Å²) in [6.45, 7) is 5.26. The third kappa shape index (κ3) is 5.33. The number of halogens is 1. The SMILES string of the molecule is CCOc1cc(/C=C2\C(=O)NC(=O)N(c3ccc(C)c(C)c3)C2=O)cc(I)c1OCC(=O)O. The molecule has 10 heteroatoms. The van der Waals surface area contributed by atoms with E-state index in [4.69, 9.17) is 14.6 Å². The van der Waals surface area contributed by atoms with Crippen LogP contribution in [-0.4, -0.2) is 42.1 Å². The number of barbiturate groups is 1. The van der Waals surface area contributed by atoms with Gasteiger partial charge in [0.1, 0.15) is 5.57 Å². The van der Waals surface area contributed by atoms with Gasteiger partial charge in [0.2, 0.25) is 0 Å². The van der Waals surface area contributed by atoms with Crippen molar-refractivity contribution >= 4 is 58.2 Å². The number of carboxylic acids is 1. The van der Waals surface area contributed by atoms with Gasteiger partial charge in [0.25, 0.3) is 11.8 Å². The van der Waals surface area contributed by atoms with Gasteiger partial charge in [0, 0.05) is 0 Å². The molecule has 1 aliphatic heterocycles. The van der Waals surface area contributed by atoms with Gasteiger partial charge in [0.05, 0.1) is 15.9 Å². The molecule has 1 fully saturated rings. The molecule has 0 unspecified atom stereocenters. The quantitative estimate of drug-likeness (QED) is 0.300. The van der Waals surface area contributed by atoms with Gasteiger partial charge < -0.3 is 14.6 Å². The summed E-state index contributed by atoms with van der Waals surface area (Å²) in [6, 6.07) is 7.45. The summed E-state index contributed by atoms with van der Waals surface area (Å²) >= 11 is 1.95. The molecule has 0 saturated carbocycles. The Bertz CT molecular complexity index is 1190. The van der Waals surface area contributed by atoms with Crippen LogP contribution in [0.1, 0.15) is 23.6 Å². The van der Waals surface area contributed by atoms with Crippen LogP contribution in [0, 0.1) is 17.4 Å². The van der Waals surface area contributed by atoms with Crippen molar-refractivity contribution in [3.63, 3.8) is 0 Å². The van der Waals surface area contributed by atoms with E-state index in [1.807, 2.05) is 36.4 Å². The summed E-state index contributed by atoms with van der Waals surface area (Å²) in [5.74, 6) is -2.20. The first kappa shape index (κ1) is 24.2. The number of amides is 4. The molecule has 0 bridgehead atoms. The molecule has 33 heavy (non-hydrogen) atoms. The van der Waals surface area contributed by atoms with Gasteiger partial charge in [-0.2, -0.15) is 0 Å². The Balaban J connectivity index is 2.02. The van der Waals surface area contributed by atoms with Crippen molar-refractivity contribution in [2.24, 2.45) is 0 Å². The predicted octanol–water partition coefficient (Wildman–Crippen LogP) is 3.44. The molecule has 1 saturated heterocycles. The number of ether oxygens (including phenoxy) is 2. The largest absolute Gasteiger partial charge is 0.490 e. The number of carbonyl (C=O) groups excluding carboxylic acids is 3. The van der Waals surface area contributed by atoms with E-state index in [1.165, 1.54) is 12.1 Å². The molecule has 2 aromatic carbocycles. The third-order valence-electron chi connectivity index (χ3n) is 4.83. The average Bonchev–Trinajstić information content (AvgIpc) is 2.73. The fraction of sp³-hybridized carbons (Fsp3) is 0.217. The summed E-state index contributed by atoms with van der Waals surface area (Å²) < 4.78 is 11.4. The first-order valence-corrected chi connectivity index (χ1v) is 11.0. The monoisotopic (exact) mass is 564 g/mol. The maximum absolute atomic E-state index is 13.1. The lowest BCUT2D eigenvalue weighted by atomic mass is 10.0. The fourth-order valence-corrected chi connectivity index (χ4v) is 3.91. The van der Waals surface area contributed by atoms with Gasteiger partial charge in [-0.3, -0.25) is 14.9 Å². The average molecular weight is 564 g/mol. The van der Waals surface area contributed by atoms with Crippen LogP contribution in [-0.2, 0) is 14.4 Å². The van der Waals surface area contributed by atoms with Crippen molar-refractivity contribution in [1.29, 1.82) is 0 Å². The Hall–Kier alpha value is -3.41. The number of benzene rings is 2. The summed E-state index contributed by atoms with van der Waals surface area (Å²) in [7, 11) is 0. The van der Waals surface area contributed by atoms with Crippen LogP contribution in [0.5, 0.6) is 11.5 Å². The second-order valence-corrected chi connectivity index (χ2v) is 8.33. The van der Waals surface area contributed by atoms with Crippen LogP contribution in [0.4, 0.5) is 10.5 Å². The Labute approximate surface area is 203 Å². The van der Waals surface area contributed by atoms with E-state index in [2.05, 4.69) is 5.32 Å². The van der Waals surface area contributed by atoms with Crippen LogP contribution in [0.3, 0.4) is 0 Å². The normalized spacial score (nSPS) is 15.0. The zero-order valence-corrected chi connectivity index (χ0v) is 20.3. The second kappa shape index (κ2) is 10.0. The zero-order chi connectivity index (χ0) is 24.3. The smallest absolute Gasteiger partial charge is 0.341 e. The number of nitrogens with one attached hydrogen (secondary N) is 1. The van der Waals surface area contributed by atoms with Crippen LogP contribution in [0.15, 0.2) is 35.9 Å². The van der Waals surface area contributed by atoms with E-state index >= 15 is 0 Å². The lowest BCUT2D eigenvalue weighted by molar-refractivity contribution is -0.139. The van der Waals surface area contributed by atoms with E-state index in [0.717, 1.165) is 16.0 Å². The number of carbonyl (C=O) groups is 4. The molecule has 0 spiro atoms. The van der Waals surface area contributed by atoms with Crippen molar-refractivity contribution in [3.8, 4) is 11.5 Å². The zero-order valence-electron chi connectivity index (χ0n) is 18.1. The van der Waals surface area contributed by atoms with Gasteiger partial charge >= 0.3 is 12.0 Å². The lowest BCUT2D eigenvalue weighted by Crippen LogP contribution is -2.54. The molecular formula is C23H21IN2O7. The van der Waals surface area contributed by atoms with E-state index < -0.39 is 30.4 Å². The molecule has 3 rings (SSSR count). The molecule has 2 N–H and O–H groups in total. The van der Waals surface area contributed by atoms with Crippen LogP contribution in [0.25, 0.3) is 6.08 Å². The van der Waals surface area contributed by atoms with Crippen molar-refractivity contribution in [2.45, 2.75) is 20.8 Å². The second-order valence-electron chi connectivity index (χ2n) is 7.17. The molecule has 2 aromatic rings. The number of anilines is 1. The highest BCUT2D eigenvalue weighted by molar-refractivity contribution is 14.1. The lowest BCUT2D eigenvalue weighted by Gasteiger charge is -2.27. The minimum absolute atomic E-state index is 0.231. The summed E-state index contributed by atoms with van der Waals surface area (Å²) in [4.78, 5) is 49.9. The minimum atomic E-state index is -1.14. The third-order valence-corrected chi connectivity index (χ3v) is 5.63. The van der Waals surface area contributed by atoms with Crippen LogP contribution in [0.2, 0.25) is 0 Å². The molecule has 4 amide bonds. The number of carboxylic acid groups (broad SMARTS) is 1. The van der Waals surface area contributed by atoms with E-state index in [1.54, 1.807) is 31.2 Å². The molecule has 0 aromatic heterocycles. The number of hydrogen-bond donors (Lipinski definition) is 2. The number of aryl methyl sites for hydroxylation is 2. The number of hydrogen-bond acceptors (Lipinski definition) is 6. The van der Waals surface area contributed by atoms with Gasteiger partial charge in [-0.25, -0.2) is 14.5 Å². The first-order chi connectivity index (χ1) is 15.6. The van der Waals surface area contributed by atoms with Gasteiger partial charge in [-0.05, 0) is 90.4 Å². The number of imide groups is 2. The molecule has 1 heterocycles. The van der Waals surface area contributed by atoms with Crippen molar-refractivity contribution in [1.82, 2.24) is 5.32 Å². The molecule has 0 aliphatic carbocycles. The van der Waals surface area contributed by atoms with E-state index in [9.17, 15) is 19.2 Å². The number of urea groups is 1. The molecule has 0 atom stereocenters. The minimum Gasteiger partial charge on any atom is -0.490 e. The Morgan fingerprint density at radius 3 is 2.48 bits per heavy atom. The molecule has 172 valence electrons. The Kier molecular flexibility index (Phi) is 7.36. The van der Waals surface area contributed by atoms with Gasteiger partial charge in [0.15, 0.2) is 18.1 Å². The maximum Gasteiger partial charge on any atom is 0.341 e. The predicted molar refractivity (Wildman–Crippen MR) is 128 cm³/mol. The molecule has 9 nitrogen and oxygen atoms in total. The molecular weight excluding hydrogens is 543 g/mol. The molecule has 0 radical (unpaired) electrons. The molecule has 1 aliphatic rings. The number of rotatable bonds is 7. The topological polar surface area (TPSA) is 122 Å². The summed E-state index contributed by atoms with van der Waals surface area (Å²) in [5, 5.41) is 11.1. The highest BCUT2D eigenvalue weighted by atomic mass is 127. The van der Waals surface area contributed by atoms with E-state index in [-0.39, 0.29) is 23.7 Å². The van der Waals surface area contributed by atoms with E-state index in [0.29, 0.717) is 14.8 Å². The Morgan fingerprint density at radius 1 is 1.12 bits per heavy atom. The summed E-state index contributed by atoms with van der Waals surface area (Å²) in [5.41, 5.74) is 2.45. The fourth-order valence-electron chi connectivity index (χ4n) is 3.13.